The van der Waals surface area contributed by atoms with Crippen molar-refractivity contribution in [2.75, 3.05) is 26.0 Å². The molecule has 1 atom stereocenters. The molecule has 0 aliphatic carbocycles. The highest BCUT2D eigenvalue weighted by Gasteiger charge is 2.19. The van der Waals surface area contributed by atoms with E-state index >= 15 is 0 Å². The van der Waals surface area contributed by atoms with Crippen molar-refractivity contribution in [1.29, 1.82) is 0 Å². The van der Waals surface area contributed by atoms with Gasteiger partial charge in [0.05, 0.1) is 10.6 Å². The first-order chi connectivity index (χ1) is 10.0. The third kappa shape index (κ3) is 4.35. The van der Waals surface area contributed by atoms with E-state index in [-0.39, 0.29) is 5.75 Å². The molecule has 1 aliphatic rings. The van der Waals surface area contributed by atoms with Gasteiger partial charge in [0.2, 0.25) is 0 Å². The fourth-order valence-electron chi connectivity index (χ4n) is 2.22. The first-order valence-electron chi connectivity index (χ1n) is 7.32. The van der Waals surface area contributed by atoms with Gasteiger partial charge < -0.3 is 14.8 Å². The Balaban J connectivity index is 1.96. The topological polar surface area (TPSA) is 64.6 Å². The Kier molecular flexibility index (Phi) is 5.47. The summed E-state index contributed by atoms with van der Waals surface area (Å²) in [5.74, 6) is 1.30. The average Bonchev–Trinajstić information content (AvgIpc) is 2.50. The summed E-state index contributed by atoms with van der Waals surface area (Å²) in [6, 6.07) is 5.26. The Hall–Kier alpha value is -1.27. The summed E-state index contributed by atoms with van der Waals surface area (Å²) in [6.07, 6.45) is 2.54. The summed E-state index contributed by atoms with van der Waals surface area (Å²) in [4.78, 5) is 0.313. The van der Waals surface area contributed by atoms with Crippen LogP contribution < -0.4 is 14.8 Å². The molecule has 21 heavy (non-hydrogen) atoms. The molecule has 0 amide bonds. The molecular weight excluding hydrogens is 290 g/mol. The van der Waals surface area contributed by atoms with Crippen LogP contribution in [0.4, 0.5) is 0 Å². The van der Waals surface area contributed by atoms with Crippen LogP contribution in [0.1, 0.15) is 26.2 Å². The monoisotopic (exact) mass is 313 g/mol. The van der Waals surface area contributed by atoms with Gasteiger partial charge in [-0.05, 0) is 38.9 Å². The van der Waals surface area contributed by atoms with Crippen LogP contribution in [-0.2, 0) is 9.84 Å². The molecule has 0 bridgehead atoms. The third-order valence-corrected chi connectivity index (χ3v) is 5.46. The lowest BCUT2D eigenvalue weighted by Gasteiger charge is -2.18. The van der Waals surface area contributed by atoms with E-state index in [0.717, 1.165) is 12.8 Å². The summed E-state index contributed by atoms with van der Waals surface area (Å²) in [5, 5.41) is 3.15. The van der Waals surface area contributed by atoms with Gasteiger partial charge >= 0.3 is 0 Å². The van der Waals surface area contributed by atoms with E-state index in [1.807, 2.05) is 7.05 Å². The van der Waals surface area contributed by atoms with Crippen LogP contribution in [0.25, 0.3) is 0 Å². The fraction of sp³-hybridized carbons (Fsp3) is 0.600. The fourth-order valence-corrected chi connectivity index (χ4v) is 3.60. The lowest BCUT2D eigenvalue weighted by Crippen LogP contribution is -2.21. The lowest BCUT2D eigenvalue weighted by molar-refractivity contribution is 0.171. The zero-order valence-electron chi connectivity index (χ0n) is 12.6. The SMILES string of the molecule is CNC(C)CCCCS(=O)(=O)c1ccc2c(c1)OCCO2. The van der Waals surface area contributed by atoms with Crippen molar-refractivity contribution in [3.05, 3.63) is 18.2 Å². The quantitative estimate of drug-likeness (QED) is 0.780. The normalized spacial score (nSPS) is 15.7. The van der Waals surface area contributed by atoms with E-state index in [0.29, 0.717) is 42.1 Å². The second kappa shape index (κ2) is 7.13. The van der Waals surface area contributed by atoms with Crippen molar-refractivity contribution in [3.8, 4) is 11.5 Å². The maximum Gasteiger partial charge on any atom is 0.178 e. The smallest absolute Gasteiger partial charge is 0.178 e. The molecule has 1 heterocycles. The molecule has 1 N–H and O–H groups in total. The largest absolute Gasteiger partial charge is 0.486 e. The van der Waals surface area contributed by atoms with E-state index in [1.54, 1.807) is 18.2 Å². The number of unbranched alkanes of at least 4 members (excludes halogenated alkanes) is 1. The third-order valence-electron chi connectivity index (χ3n) is 3.67. The van der Waals surface area contributed by atoms with Crippen LogP contribution in [0, 0.1) is 0 Å². The van der Waals surface area contributed by atoms with Crippen LogP contribution in [0.2, 0.25) is 0 Å². The Bertz CT molecular complexity index is 571. The molecule has 0 spiro atoms. The van der Waals surface area contributed by atoms with E-state index in [9.17, 15) is 8.42 Å². The minimum Gasteiger partial charge on any atom is -0.486 e. The molecule has 118 valence electrons. The van der Waals surface area contributed by atoms with Crippen molar-refractivity contribution in [3.63, 3.8) is 0 Å². The van der Waals surface area contributed by atoms with Gasteiger partial charge in [-0.3, -0.25) is 0 Å². The van der Waals surface area contributed by atoms with Gasteiger partial charge in [-0.25, -0.2) is 8.42 Å². The summed E-state index contributed by atoms with van der Waals surface area (Å²) < 4.78 is 35.5. The number of benzene rings is 1. The van der Waals surface area contributed by atoms with E-state index in [4.69, 9.17) is 9.47 Å². The molecule has 5 nitrogen and oxygen atoms in total. The lowest BCUT2D eigenvalue weighted by atomic mass is 10.1. The minimum absolute atomic E-state index is 0.170. The highest BCUT2D eigenvalue weighted by atomic mass is 32.2. The highest BCUT2D eigenvalue weighted by molar-refractivity contribution is 7.91. The Labute approximate surface area is 126 Å². The standard InChI is InChI=1S/C15H23NO4S/c1-12(16-2)5-3-4-10-21(17,18)13-6-7-14-15(11-13)20-9-8-19-14/h6-7,11-12,16H,3-5,8-10H2,1-2H3. The molecule has 1 aliphatic heterocycles. The molecule has 1 unspecified atom stereocenters. The number of fused-ring (bicyclic) bond motifs is 1. The first kappa shape index (κ1) is 16.1. The molecule has 0 aromatic heterocycles. The molecule has 6 heteroatoms. The van der Waals surface area contributed by atoms with Crippen molar-refractivity contribution in [2.45, 2.75) is 37.1 Å². The molecule has 1 aromatic rings. The second-order valence-electron chi connectivity index (χ2n) is 5.31. The number of hydrogen-bond acceptors (Lipinski definition) is 5. The van der Waals surface area contributed by atoms with E-state index in [1.165, 1.54) is 0 Å². The van der Waals surface area contributed by atoms with Crippen LogP contribution in [0.5, 0.6) is 11.5 Å². The predicted octanol–water partition coefficient (Wildman–Crippen LogP) is 2.01. The van der Waals surface area contributed by atoms with Crippen molar-refractivity contribution < 1.29 is 17.9 Å². The molecular formula is C15H23NO4S. The maximum atomic E-state index is 12.3. The van der Waals surface area contributed by atoms with E-state index in [2.05, 4.69) is 12.2 Å². The van der Waals surface area contributed by atoms with Gasteiger partial charge in [-0.1, -0.05) is 6.42 Å². The molecule has 2 rings (SSSR count). The molecule has 0 radical (unpaired) electrons. The summed E-state index contributed by atoms with van der Waals surface area (Å²) in [7, 11) is -1.34. The average molecular weight is 313 g/mol. The zero-order chi connectivity index (χ0) is 15.3. The highest BCUT2D eigenvalue weighted by Crippen LogP contribution is 2.32. The summed E-state index contributed by atoms with van der Waals surface area (Å²) >= 11 is 0. The first-order valence-corrected chi connectivity index (χ1v) is 8.98. The van der Waals surface area contributed by atoms with Crippen molar-refractivity contribution in [1.82, 2.24) is 5.32 Å². The zero-order valence-corrected chi connectivity index (χ0v) is 13.4. The maximum absolute atomic E-state index is 12.3. The summed E-state index contributed by atoms with van der Waals surface area (Å²) in [5.41, 5.74) is 0. The van der Waals surface area contributed by atoms with Crippen LogP contribution >= 0.6 is 0 Å². The number of sulfone groups is 1. The number of nitrogens with one attached hydrogen (secondary N) is 1. The molecule has 0 saturated carbocycles. The van der Waals surface area contributed by atoms with Crippen LogP contribution in [-0.4, -0.2) is 40.5 Å². The van der Waals surface area contributed by atoms with Crippen molar-refractivity contribution >= 4 is 9.84 Å². The van der Waals surface area contributed by atoms with Gasteiger partial charge in [-0.2, -0.15) is 0 Å². The van der Waals surface area contributed by atoms with Gasteiger partial charge in [0.1, 0.15) is 13.2 Å². The Morgan fingerprint density at radius 3 is 2.62 bits per heavy atom. The van der Waals surface area contributed by atoms with Gasteiger partial charge in [-0.15, -0.1) is 0 Å². The van der Waals surface area contributed by atoms with E-state index < -0.39 is 9.84 Å². The van der Waals surface area contributed by atoms with Crippen molar-refractivity contribution in [2.24, 2.45) is 0 Å². The van der Waals surface area contributed by atoms with Gasteiger partial charge in [0, 0.05) is 12.1 Å². The number of rotatable bonds is 7. The number of hydrogen-bond donors (Lipinski definition) is 1. The van der Waals surface area contributed by atoms with Crippen LogP contribution in [0.15, 0.2) is 23.1 Å². The Morgan fingerprint density at radius 1 is 1.19 bits per heavy atom. The summed E-state index contributed by atoms with van der Waals surface area (Å²) in [6.45, 7) is 3.05. The number of ether oxygens (including phenoxy) is 2. The second-order valence-corrected chi connectivity index (χ2v) is 7.42. The molecule has 1 aromatic carbocycles. The molecule has 0 fully saturated rings. The van der Waals surface area contributed by atoms with Gasteiger partial charge in [0.15, 0.2) is 21.3 Å². The minimum atomic E-state index is -3.25. The predicted molar refractivity (Wildman–Crippen MR) is 81.9 cm³/mol. The van der Waals surface area contributed by atoms with Crippen LogP contribution in [0.3, 0.4) is 0 Å². The molecule has 0 saturated heterocycles. The Morgan fingerprint density at radius 2 is 1.90 bits per heavy atom. The van der Waals surface area contributed by atoms with Gasteiger partial charge in [0.25, 0.3) is 0 Å².